The Kier molecular flexibility index (Phi) is 4.50. The molecule has 1 rings (SSSR count). The molecule has 1 aromatic carbocycles. The molecule has 0 heterocycles. The molecule has 0 fully saturated rings. The standard InChI is InChI=1S/C13H18O3/c1-4-16-13(15)12(14)8-11-6-9(2)5-10(3)7-11/h5-7,12,14H,4,8H2,1-3H3. The lowest BCUT2D eigenvalue weighted by molar-refractivity contribution is -0.152. The largest absolute Gasteiger partial charge is 0.464 e. The van der Waals surface area contributed by atoms with Crippen molar-refractivity contribution in [2.24, 2.45) is 0 Å². The highest BCUT2D eigenvalue weighted by molar-refractivity contribution is 5.74. The lowest BCUT2D eigenvalue weighted by Crippen LogP contribution is -2.25. The van der Waals surface area contributed by atoms with E-state index in [1.807, 2.05) is 26.0 Å². The van der Waals surface area contributed by atoms with Gasteiger partial charge in [-0.1, -0.05) is 29.3 Å². The molecule has 0 aromatic heterocycles. The van der Waals surface area contributed by atoms with Gasteiger partial charge in [0.1, 0.15) is 0 Å². The number of aryl methyl sites for hydroxylation is 2. The predicted molar refractivity (Wildman–Crippen MR) is 62.3 cm³/mol. The summed E-state index contributed by atoms with van der Waals surface area (Å²) in [6.07, 6.45) is -0.761. The number of carbonyl (C=O) groups is 1. The van der Waals surface area contributed by atoms with E-state index in [9.17, 15) is 9.90 Å². The van der Waals surface area contributed by atoms with Crippen LogP contribution < -0.4 is 0 Å². The third-order valence-electron chi connectivity index (χ3n) is 2.27. The van der Waals surface area contributed by atoms with Crippen LogP contribution in [0.4, 0.5) is 0 Å². The second-order valence-electron chi connectivity index (χ2n) is 3.97. The molecule has 16 heavy (non-hydrogen) atoms. The maximum Gasteiger partial charge on any atom is 0.335 e. The van der Waals surface area contributed by atoms with Gasteiger partial charge in [0.15, 0.2) is 6.10 Å². The van der Waals surface area contributed by atoms with E-state index in [1.54, 1.807) is 6.92 Å². The first-order valence-corrected chi connectivity index (χ1v) is 5.44. The predicted octanol–water partition coefficient (Wildman–Crippen LogP) is 1.77. The molecule has 0 amide bonds. The summed E-state index contributed by atoms with van der Waals surface area (Å²) in [5.41, 5.74) is 3.22. The van der Waals surface area contributed by atoms with Crippen LogP contribution in [0.1, 0.15) is 23.6 Å². The minimum Gasteiger partial charge on any atom is -0.464 e. The van der Waals surface area contributed by atoms with E-state index in [-0.39, 0.29) is 0 Å². The smallest absolute Gasteiger partial charge is 0.335 e. The van der Waals surface area contributed by atoms with E-state index >= 15 is 0 Å². The molecule has 1 N–H and O–H groups in total. The molecule has 1 atom stereocenters. The maximum atomic E-state index is 11.2. The molecular weight excluding hydrogens is 204 g/mol. The fourth-order valence-corrected chi connectivity index (χ4v) is 1.73. The first-order chi connectivity index (χ1) is 7.52. The van der Waals surface area contributed by atoms with Crippen LogP contribution in [0.2, 0.25) is 0 Å². The molecule has 0 aliphatic rings. The SMILES string of the molecule is CCOC(=O)C(O)Cc1cc(C)cc(C)c1. The number of aliphatic hydroxyl groups excluding tert-OH is 1. The monoisotopic (exact) mass is 222 g/mol. The van der Waals surface area contributed by atoms with Gasteiger partial charge in [-0.05, 0) is 26.3 Å². The van der Waals surface area contributed by atoms with Gasteiger partial charge in [-0.15, -0.1) is 0 Å². The van der Waals surface area contributed by atoms with Crippen molar-refractivity contribution < 1.29 is 14.6 Å². The maximum absolute atomic E-state index is 11.2. The van der Waals surface area contributed by atoms with E-state index in [1.165, 1.54) is 0 Å². The zero-order valence-corrected chi connectivity index (χ0v) is 9.99. The van der Waals surface area contributed by atoms with Crippen LogP contribution in [0.5, 0.6) is 0 Å². The minimum absolute atomic E-state index is 0.294. The summed E-state index contributed by atoms with van der Waals surface area (Å²) in [6, 6.07) is 5.99. The van der Waals surface area contributed by atoms with E-state index in [0.29, 0.717) is 13.0 Å². The molecule has 0 aliphatic heterocycles. The summed E-state index contributed by atoms with van der Waals surface area (Å²) in [4.78, 5) is 11.2. The molecule has 1 unspecified atom stereocenters. The van der Waals surface area contributed by atoms with Gasteiger partial charge in [-0.25, -0.2) is 4.79 Å². The second-order valence-corrected chi connectivity index (χ2v) is 3.97. The highest BCUT2D eigenvalue weighted by atomic mass is 16.5. The Morgan fingerprint density at radius 2 is 1.88 bits per heavy atom. The van der Waals surface area contributed by atoms with E-state index < -0.39 is 12.1 Å². The number of hydrogen-bond donors (Lipinski definition) is 1. The molecule has 0 saturated carbocycles. The summed E-state index contributed by atoms with van der Waals surface area (Å²) in [5.74, 6) is -0.554. The second kappa shape index (κ2) is 5.66. The van der Waals surface area contributed by atoms with Crippen molar-refractivity contribution in [3.63, 3.8) is 0 Å². The first kappa shape index (κ1) is 12.7. The fourth-order valence-electron chi connectivity index (χ4n) is 1.73. The van der Waals surface area contributed by atoms with E-state index in [4.69, 9.17) is 4.74 Å². The number of carbonyl (C=O) groups excluding carboxylic acids is 1. The normalized spacial score (nSPS) is 12.2. The zero-order chi connectivity index (χ0) is 12.1. The lowest BCUT2D eigenvalue weighted by Gasteiger charge is -2.10. The van der Waals surface area contributed by atoms with Gasteiger partial charge in [0, 0.05) is 6.42 Å². The number of esters is 1. The highest BCUT2D eigenvalue weighted by Crippen LogP contribution is 2.11. The molecule has 0 spiro atoms. The van der Waals surface area contributed by atoms with Crippen molar-refractivity contribution in [2.45, 2.75) is 33.3 Å². The highest BCUT2D eigenvalue weighted by Gasteiger charge is 2.16. The van der Waals surface area contributed by atoms with Gasteiger partial charge in [0.05, 0.1) is 6.61 Å². The van der Waals surface area contributed by atoms with E-state index in [0.717, 1.165) is 16.7 Å². The van der Waals surface area contributed by atoms with Gasteiger partial charge in [0.2, 0.25) is 0 Å². The number of aliphatic hydroxyl groups is 1. The average molecular weight is 222 g/mol. The van der Waals surface area contributed by atoms with Crippen LogP contribution in [-0.2, 0) is 16.0 Å². The van der Waals surface area contributed by atoms with Gasteiger partial charge in [-0.2, -0.15) is 0 Å². The molecule has 0 radical (unpaired) electrons. The Labute approximate surface area is 96.1 Å². The minimum atomic E-state index is -1.07. The summed E-state index contributed by atoms with van der Waals surface area (Å²) in [6.45, 7) is 6.00. The van der Waals surface area contributed by atoms with Crippen LogP contribution in [0.15, 0.2) is 18.2 Å². The first-order valence-electron chi connectivity index (χ1n) is 5.44. The molecule has 0 bridgehead atoms. The van der Waals surface area contributed by atoms with Gasteiger partial charge >= 0.3 is 5.97 Å². The van der Waals surface area contributed by atoms with Crippen molar-refractivity contribution in [3.8, 4) is 0 Å². The van der Waals surface area contributed by atoms with Crippen LogP contribution >= 0.6 is 0 Å². The third kappa shape index (κ3) is 3.66. The molecule has 3 heteroatoms. The van der Waals surface area contributed by atoms with E-state index in [2.05, 4.69) is 6.07 Å². The van der Waals surface area contributed by atoms with Crippen LogP contribution in [-0.4, -0.2) is 23.8 Å². The van der Waals surface area contributed by atoms with Crippen LogP contribution in [0, 0.1) is 13.8 Å². The lowest BCUT2D eigenvalue weighted by atomic mass is 10.0. The molecule has 1 aromatic rings. The van der Waals surface area contributed by atoms with Crippen LogP contribution in [0.3, 0.4) is 0 Å². The van der Waals surface area contributed by atoms with Crippen molar-refractivity contribution in [3.05, 3.63) is 34.9 Å². The molecule has 3 nitrogen and oxygen atoms in total. The third-order valence-corrected chi connectivity index (χ3v) is 2.27. The van der Waals surface area contributed by atoms with Gasteiger partial charge < -0.3 is 9.84 Å². The molecule has 0 aliphatic carbocycles. The summed E-state index contributed by atoms with van der Waals surface area (Å²) in [5, 5.41) is 9.61. The number of ether oxygens (including phenoxy) is 1. The Morgan fingerprint density at radius 3 is 2.38 bits per heavy atom. The Hall–Kier alpha value is -1.35. The molecule has 0 saturated heterocycles. The van der Waals surface area contributed by atoms with Crippen LogP contribution in [0.25, 0.3) is 0 Å². The quantitative estimate of drug-likeness (QED) is 0.790. The van der Waals surface area contributed by atoms with Crippen molar-refractivity contribution in [1.82, 2.24) is 0 Å². The van der Waals surface area contributed by atoms with Gasteiger partial charge in [-0.3, -0.25) is 0 Å². The topological polar surface area (TPSA) is 46.5 Å². The Morgan fingerprint density at radius 1 is 1.31 bits per heavy atom. The Balaban J connectivity index is 2.69. The zero-order valence-electron chi connectivity index (χ0n) is 9.99. The number of hydrogen-bond acceptors (Lipinski definition) is 3. The molecule has 88 valence electrons. The number of benzene rings is 1. The van der Waals surface area contributed by atoms with Crippen molar-refractivity contribution in [1.29, 1.82) is 0 Å². The molecular formula is C13H18O3. The summed E-state index contributed by atoms with van der Waals surface area (Å²) < 4.78 is 4.75. The van der Waals surface area contributed by atoms with Crippen molar-refractivity contribution >= 4 is 5.97 Å². The van der Waals surface area contributed by atoms with Crippen molar-refractivity contribution in [2.75, 3.05) is 6.61 Å². The summed E-state index contributed by atoms with van der Waals surface area (Å²) >= 11 is 0. The van der Waals surface area contributed by atoms with Gasteiger partial charge in [0.25, 0.3) is 0 Å². The Bertz CT molecular complexity index is 351. The fraction of sp³-hybridized carbons (Fsp3) is 0.462. The average Bonchev–Trinajstić information content (AvgIpc) is 2.16. The summed E-state index contributed by atoms with van der Waals surface area (Å²) in [7, 11) is 0. The number of rotatable bonds is 4.